The normalized spacial score (nSPS) is 28.1. The number of carbonyl (C=O) groups excluding carboxylic acids is 1. The van der Waals surface area contributed by atoms with Gasteiger partial charge in [0.05, 0.1) is 11.5 Å². The molecule has 5 atom stereocenters. The Morgan fingerprint density at radius 3 is 2.73 bits per heavy atom. The number of phenolic OH excluding ortho intramolecular Hbond substituents is 1. The van der Waals surface area contributed by atoms with E-state index in [-0.39, 0.29) is 17.5 Å². The molecule has 0 aromatic heterocycles. The maximum Gasteiger partial charge on any atom is 0.573 e. The third-order valence-electron chi connectivity index (χ3n) is 9.96. The molecular weight excluding hydrogens is 585 g/mol. The van der Waals surface area contributed by atoms with Crippen LogP contribution >= 0.6 is 0 Å². The van der Waals surface area contributed by atoms with Crippen molar-refractivity contribution in [3.63, 3.8) is 0 Å². The van der Waals surface area contributed by atoms with E-state index in [9.17, 15) is 28.2 Å². The molecule has 0 radical (unpaired) electrons. The largest absolute Gasteiger partial charge is 0.573 e. The predicted octanol–water partition coefficient (Wildman–Crippen LogP) is 5.00. The third kappa shape index (κ3) is 4.78. The number of likely N-dealkylation sites (tertiary alicyclic amines) is 1. The molecular formula is C35H33F3N2O5. The minimum Gasteiger partial charge on any atom is -0.504 e. The summed E-state index contributed by atoms with van der Waals surface area (Å²) in [6, 6.07) is 18.4. The first-order valence-electron chi connectivity index (χ1n) is 15.0. The molecule has 3 aromatic rings. The molecule has 1 fully saturated rings. The first kappa shape index (κ1) is 29.4. The molecule has 2 bridgehead atoms. The van der Waals surface area contributed by atoms with E-state index >= 15 is 0 Å². The zero-order chi connectivity index (χ0) is 31.6. The van der Waals surface area contributed by atoms with Gasteiger partial charge in [-0.2, -0.15) is 0 Å². The first-order valence-corrected chi connectivity index (χ1v) is 15.0. The van der Waals surface area contributed by atoms with E-state index in [4.69, 9.17) is 4.74 Å². The van der Waals surface area contributed by atoms with E-state index < -0.39 is 35.4 Å². The summed E-state index contributed by atoms with van der Waals surface area (Å²) in [5.41, 5.74) is 1.25. The molecule has 7 rings (SSSR count). The lowest BCUT2D eigenvalue weighted by Gasteiger charge is -2.62. The van der Waals surface area contributed by atoms with Gasteiger partial charge in [-0.25, -0.2) is 0 Å². The summed E-state index contributed by atoms with van der Waals surface area (Å²) in [7, 11) is 1.63. The Balaban J connectivity index is 1.19. The molecule has 2 heterocycles. The Morgan fingerprint density at radius 2 is 1.96 bits per heavy atom. The van der Waals surface area contributed by atoms with Gasteiger partial charge in [0.25, 0.3) is 0 Å². The van der Waals surface area contributed by atoms with E-state index in [2.05, 4.69) is 21.8 Å². The SMILES string of the molecule is CN(C(=O)/C=C/c1cccc(OC(F)(F)F)c1)C1C=C[C@@]2(O)[C@H]3Cc4ccc(O)c5c4[C@@]2(CCN3CCc2ccccc2)C1O5. The fourth-order valence-corrected chi connectivity index (χ4v) is 7.93. The number of ether oxygens (including phenoxy) is 2. The van der Waals surface area contributed by atoms with Gasteiger partial charge >= 0.3 is 6.36 Å². The van der Waals surface area contributed by atoms with Gasteiger partial charge < -0.3 is 24.6 Å². The number of carbonyl (C=O) groups is 1. The number of hydrogen-bond acceptors (Lipinski definition) is 6. The van der Waals surface area contributed by atoms with Gasteiger partial charge in [-0.05, 0) is 66.8 Å². The van der Waals surface area contributed by atoms with Gasteiger partial charge in [0.15, 0.2) is 11.5 Å². The van der Waals surface area contributed by atoms with E-state index in [1.54, 1.807) is 19.2 Å². The third-order valence-corrected chi connectivity index (χ3v) is 9.96. The smallest absolute Gasteiger partial charge is 0.504 e. The van der Waals surface area contributed by atoms with Gasteiger partial charge in [-0.3, -0.25) is 9.69 Å². The van der Waals surface area contributed by atoms with E-state index in [1.165, 1.54) is 40.8 Å². The molecule has 2 unspecified atom stereocenters. The topological polar surface area (TPSA) is 82.5 Å². The fourth-order valence-electron chi connectivity index (χ4n) is 7.93. The summed E-state index contributed by atoms with van der Waals surface area (Å²) in [6.45, 7) is 1.48. The number of amides is 1. The van der Waals surface area contributed by atoms with Crippen LogP contribution in [0.1, 0.15) is 28.7 Å². The summed E-state index contributed by atoms with van der Waals surface area (Å²) < 4.78 is 48.6. The van der Waals surface area contributed by atoms with E-state index in [1.807, 2.05) is 36.4 Å². The monoisotopic (exact) mass is 618 g/mol. The minimum atomic E-state index is -4.82. The van der Waals surface area contributed by atoms with Crippen LogP contribution in [0.3, 0.4) is 0 Å². The van der Waals surface area contributed by atoms with Crippen molar-refractivity contribution in [2.75, 3.05) is 20.1 Å². The second kappa shape index (κ2) is 10.7. The number of rotatable bonds is 7. The molecule has 4 aliphatic rings. The van der Waals surface area contributed by atoms with Crippen LogP contribution in [-0.4, -0.2) is 76.2 Å². The van der Waals surface area contributed by atoms with Crippen LogP contribution in [0.2, 0.25) is 0 Å². The Bertz CT molecular complexity index is 1690. The van der Waals surface area contributed by atoms with Crippen molar-refractivity contribution < 1.29 is 37.7 Å². The number of aliphatic hydroxyl groups is 1. The Kier molecular flexibility index (Phi) is 6.98. The van der Waals surface area contributed by atoms with Crippen molar-refractivity contribution in [1.29, 1.82) is 0 Å². The molecule has 1 spiro atoms. The number of aromatic hydroxyl groups is 1. The van der Waals surface area contributed by atoms with E-state index in [0.717, 1.165) is 24.1 Å². The van der Waals surface area contributed by atoms with Crippen molar-refractivity contribution >= 4 is 12.0 Å². The van der Waals surface area contributed by atoms with Crippen molar-refractivity contribution in [3.05, 3.63) is 107 Å². The molecule has 3 aromatic carbocycles. The number of piperidine rings is 1. The molecule has 45 heavy (non-hydrogen) atoms. The highest BCUT2D eigenvalue weighted by Gasteiger charge is 2.72. The summed E-state index contributed by atoms with van der Waals surface area (Å²) in [5, 5.41) is 23.5. The quantitative estimate of drug-likeness (QED) is 0.287. The summed E-state index contributed by atoms with van der Waals surface area (Å²) in [6.07, 6.45) is 2.87. The fraction of sp³-hybridized carbons (Fsp3) is 0.343. The number of phenols is 1. The molecule has 2 aliphatic heterocycles. The molecule has 10 heteroatoms. The number of benzene rings is 3. The van der Waals surface area contributed by atoms with Crippen molar-refractivity contribution in [1.82, 2.24) is 9.80 Å². The average Bonchev–Trinajstić information content (AvgIpc) is 3.36. The molecule has 2 N–H and O–H groups in total. The van der Waals surface area contributed by atoms with Gasteiger partial charge in [-0.1, -0.05) is 60.7 Å². The maximum absolute atomic E-state index is 13.5. The molecule has 2 aliphatic carbocycles. The Morgan fingerprint density at radius 1 is 1.16 bits per heavy atom. The second-order valence-electron chi connectivity index (χ2n) is 12.3. The average molecular weight is 619 g/mol. The number of nitrogens with zero attached hydrogens (tertiary/aromatic N) is 2. The van der Waals surface area contributed by atoms with Crippen LogP contribution in [0.25, 0.3) is 6.08 Å². The highest BCUT2D eigenvalue weighted by atomic mass is 19.4. The molecule has 7 nitrogen and oxygen atoms in total. The standard InChI is InChI=1S/C35H33F3N2O5/c1-39(29(42)13-10-23-8-5-9-25(20-23)45-35(36,37)38)26-14-16-34(43)28-21-24-11-12-27(41)31-30(24)33(34,32(26)44-31)17-19-40(28)18-15-22-6-3-2-4-7-22/h2-14,16,20,26,28,32,41,43H,15,17-19,21H2,1H3/b13-10+/t26?,28-,32?,33+,34-/m1/s1. The van der Waals surface area contributed by atoms with Gasteiger partial charge in [0, 0.05) is 31.3 Å². The number of likely N-dealkylation sites (N-methyl/N-ethyl adjacent to an activating group) is 1. The highest BCUT2D eigenvalue weighted by Crippen LogP contribution is 2.64. The van der Waals surface area contributed by atoms with Gasteiger partial charge in [-0.15, -0.1) is 13.2 Å². The maximum atomic E-state index is 13.5. The first-order chi connectivity index (χ1) is 21.5. The lowest BCUT2D eigenvalue weighted by atomic mass is 9.50. The van der Waals surface area contributed by atoms with Gasteiger partial charge in [0.1, 0.15) is 17.5 Å². The molecule has 1 saturated heterocycles. The lowest BCUT2D eigenvalue weighted by molar-refractivity contribution is -0.274. The Labute approximate surface area is 258 Å². The summed E-state index contributed by atoms with van der Waals surface area (Å²) >= 11 is 0. The summed E-state index contributed by atoms with van der Waals surface area (Å²) in [5.74, 6) is -0.420. The van der Waals surface area contributed by atoms with Crippen molar-refractivity contribution in [2.24, 2.45) is 0 Å². The zero-order valence-electron chi connectivity index (χ0n) is 24.6. The van der Waals surface area contributed by atoms with Crippen LogP contribution in [0.5, 0.6) is 17.2 Å². The second-order valence-corrected chi connectivity index (χ2v) is 12.3. The van der Waals surface area contributed by atoms with Crippen molar-refractivity contribution in [3.8, 4) is 17.2 Å². The number of halogens is 3. The van der Waals surface area contributed by atoms with E-state index in [0.29, 0.717) is 30.7 Å². The lowest BCUT2D eigenvalue weighted by Crippen LogP contribution is -2.76. The van der Waals surface area contributed by atoms with Crippen LogP contribution in [0, 0.1) is 0 Å². The number of alkyl halides is 3. The zero-order valence-corrected chi connectivity index (χ0v) is 24.6. The van der Waals surface area contributed by atoms with Crippen LogP contribution < -0.4 is 9.47 Å². The van der Waals surface area contributed by atoms with Gasteiger partial charge in [0.2, 0.25) is 5.91 Å². The molecule has 234 valence electrons. The summed E-state index contributed by atoms with van der Waals surface area (Å²) in [4.78, 5) is 17.3. The molecule has 1 amide bonds. The van der Waals surface area contributed by atoms with Crippen molar-refractivity contribution in [2.45, 2.75) is 54.8 Å². The minimum absolute atomic E-state index is 0.00147. The van der Waals surface area contributed by atoms with Crippen LogP contribution in [0.4, 0.5) is 13.2 Å². The van der Waals surface area contributed by atoms with Crippen LogP contribution in [-0.2, 0) is 23.1 Å². The Hall–Kier alpha value is -4.28. The number of hydrogen-bond donors (Lipinski definition) is 2. The van der Waals surface area contributed by atoms with Crippen LogP contribution in [0.15, 0.2) is 85.0 Å². The molecule has 0 saturated carbocycles. The highest BCUT2D eigenvalue weighted by molar-refractivity contribution is 5.92. The predicted molar refractivity (Wildman–Crippen MR) is 161 cm³/mol.